The number of carbonyl (C=O) groups excluding carboxylic acids is 1. The smallest absolute Gasteiger partial charge is 0.343 e. The van der Waals surface area contributed by atoms with Crippen LogP contribution in [-0.4, -0.2) is 26.4 Å². The average molecular weight is 418 g/mol. The maximum Gasteiger partial charge on any atom is 0.343 e. The van der Waals surface area contributed by atoms with Crippen LogP contribution in [0.15, 0.2) is 58.1 Å². The number of benzene rings is 2. The van der Waals surface area contributed by atoms with E-state index < -0.39 is 11.9 Å². The molecule has 0 atom stereocenters. The summed E-state index contributed by atoms with van der Waals surface area (Å²) in [6.45, 7) is 5.45. The number of esters is 1. The number of aromatic amines is 4. The summed E-state index contributed by atoms with van der Waals surface area (Å²) in [6, 6.07) is 14.0. The van der Waals surface area contributed by atoms with Crippen LogP contribution in [0, 0.1) is 20.8 Å². The van der Waals surface area contributed by atoms with E-state index in [1.54, 1.807) is 56.3 Å². The molecule has 8 nitrogen and oxygen atoms in total. The number of H-pyrrole nitrogens is 4. The second kappa shape index (κ2) is 7.98. The van der Waals surface area contributed by atoms with Crippen LogP contribution in [0.5, 0.6) is 5.75 Å². The molecule has 2 aromatic carbocycles. The lowest BCUT2D eigenvalue weighted by atomic mass is 9.85. The number of hydrogen-bond donors (Lipinski definition) is 4. The number of ether oxygens (including phenoxy) is 1. The van der Waals surface area contributed by atoms with E-state index in [9.17, 15) is 14.4 Å². The van der Waals surface area contributed by atoms with Crippen LogP contribution in [0.25, 0.3) is 0 Å². The fourth-order valence-electron chi connectivity index (χ4n) is 3.75. The third-order valence-electron chi connectivity index (χ3n) is 5.28. The molecule has 4 aromatic rings. The van der Waals surface area contributed by atoms with Crippen LogP contribution in [0.3, 0.4) is 0 Å². The van der Waals surface area contributed by atoms with E-state index >= 15 is 0 Å². The monoisotopic (exact) mass is 418 g/mol. The molecule has 0 bridgehead atoms. The normalized spacial score (nSPS) is 11.1. The summed E-state index contributed by atoms with van der Waals surface area (Å²) >= 11 is 0. The third-order valence-corrected chi connectivity index (χ3v) is 5.28. The van der Waals surface area contributed by atoms with Gasteiger partial charge in [-0.25, -0.2) is 4.79 Å². The predicted octanol–water partition coefficient (Wildman–Crippen LogP) is 3.04. The SMILES string of the molecule is Cc1cccc(C(=O)Oc2ccc(C(c3c(C)[nH][nH]c3=O)c3c(C)[nH][nH]c3=O)cc2)c1. The van der Waals surface area contributed by atoms with E-state index in [1.807, 2.05) is 13.0 Å². The molecule has 0 radical (unpaired) electrons. The Labute approximate surface area is 177 Å². The number of hydrogen-bond acceptors (Lipinski definition) is 4. The zero-order valence-corrected chi connectivity index (χ0v) is 17.3. The van der Waals surface area contributed by atoms with Gasteiger partial charge in [-0.1, -0.05) is 29.8 Å². The zero-order valence-electron chi connectivity index (χ0n) is 17.3. The summed E-state index contributed by atoms with van der Waals surface area (Å²) < 4.78 is 5.48. The first-order valence-corrected chi connectivity index (χ1v) is 9.78. The van der Waals surface area contributed by atoms with Gasteiger partial charge in [0, 0.05) is 17.3 Å². The average Bonchev–Trinajstić information content (AvgIpc) is 3.25. The lowest BCUT2D eigenvalue weighted by molar-refractivity contribution is 0.0734. The minimum absolute atomic E-state index is 0.294. The van der Waals surface area contributed by atoms with Gasteiger partial charge in [0.25, 0.3) is 11.1 Å². The largest absolute Gasteiger partial charge is 0.423 e. The van der Waals surface area contributed by atoms with Crippen molar-refractivity contribution in [3.8, 4) is 5.75 Å². The summed E-state index contributed by atoms with van der Waals surface area (Å²) in [5.74, 6) is -0.677. The Morgan fingerprint density at radius 1 is 0.806 bits per heavy atom. The summed E-state index contributed by atoms with van der Waals surface area (Å²) in [5, 5.41) is 10.8. The number of rotatable bonds is 5. The molecule has 0 unspecified atom stereocenters. The summed E-state index contributed by atoms with van der Waals surface area (Å²) in [5.41, 5.74) is 3.76. The Morgan fingerprint density at radius 3 is 1.87 bits per heavy atom. The molecule has 2 heterocycles. The van der Waals surface area contributed by atoms with Gasteiger partial charge in [0.2, 0.25) is 0 Å². The maximum absolute atomic E-state index is 12.5. The first kappa shape index (κ1) is 20.2. The standard InChI is InChI=1S/C23H22N4O4/c1-12-5-4-6-16(11-12)23(30)31-17-9-7-15(8-10-17)20(18-13(2)24-26-21(18)28)19-14(3)25-27-22(19)29/h4-11,20H,1-3H3,(H2,24,26,28)(H2,25,27,29). The zero-order chi connectivity index (χ0) is 22.1. The predicted molar refractivity (Wildman–Crippen MR) is 116 cm³/mol. The van der Waals surface area contributed by atoms with Crippen molar-refractivity contribution in [3.05, 3.63) is 108 Å². The van der Waals surface area contributed by atoms with E-state index in [-0.39, 0.29) is 11.1 Å². The summed E-state index contributed by atoms with van der Waals surface area (Å²) in [6.07, 6.45) is 0. The molecular formula is C23H22N4O4. The number of aryl methyl sites for hydroxylation is 3. The molecule has 0 aliphatic rings. The molecular weight excluding hydrogens is 396 g/mol. The molecule has 0 aliphatic carbocycles. The van der Waals surface area contributed by atoms with Gasteiger partial charge in [0.15, 0.2) is 0 Å². The molecule has 31 heavy (non-hydrogen) atoms. The van der Waals surface area contributed by atoms with Crippen molar-refractivity contribution < 1.29 is 9.53 Å². The van der Waals surface area contributed by atoms with Crippen molar-refractivity contribution in [2.45, 2.75) is 26.7 Å². The summed E-state index contributed by atoms with van der Waals surface area (Å²) in [7, 11) is 0. The van der Waals surface area contributed by atoms with E-state index in [2.05, 4.69) is 20.4 Å². The molecule has 0 fully saturated rings. The Balaban J connectivity index is 1.70. The van der Waals surface area contributed by atoms with Gasteiger partial charge in [0.05, 0.1) is 16.7 Å². The van der Waals surface area contributed by atoms with Crippen LogP contribution in [-0.2, 0) is 0 Å². The molecule has 0 amide bonds. The van der Waals surface area contributed by atoms with E-state index in [0.29, 0.717) is 33.8 Å². The third kappa shape index (κ3) is 3.87. The minimum atomic E-state index is -0.591. The number of aromatic nitrogens is 4. The van der Waals surface area contributed by atoms with Crippen molar-refractivity contribution in [2.75, 3.05) is 0 Å². The fourth-order valence-corrected chi connectivity index (χ4v) is 3.75. The number of nitrogens with one attached hydrogen (secondary N) is 4. The molecule has 0 spiro atoms. The lowest BCUT2D eigenvalue weighted by Gasteiger charge is -2.16. The van der Waals surface area contributed by atoms with Crippen molar-refractivity contribution in [1.82, 2.24) is 20.4 Å². The van der Waals surface area contributed by atoms with Gasteiger partial charge in [-0.3, -0.25) is 19.8 Å². The second-order valence-electron chi connectivity index (χ2n) is 7.50. The van der Waals surface area contributed by atoms with E-state index in [0.717, 1.165) is 11.1 Å². The van der Waals surface area contributed by atoms with Crippen molar-refractivity contribution >= 4 is 5.97 Å². The quantitative estimate of drug-likeness (QED) is 0.294. The second-order valence-corrected chi connectivity index (χ2v) is 7.50. The molecule has 158 valence electrons. The van der Waals surface area contributed by atoms with Gasteiger partial charge in [-0.05, 0) is 50.6 Å². The van der Waals surface area contributed by atoms with E-state index in [1.165, 1.54) is 0 Å². The van der Waals surface area contributed by atoms with E-state index in [4.69, 9.17) is 4.74 Å². The van der Waals surface area contributed by atoms with Crippen molar-refractivity contribution in [3.63, 3.8) is 0 Å². The first-order chi connectivity index (χ1) is 14.8. The molecule has 2 aromatic heterocycles. The van der Waals surface area contributed by atoms with Crippen LogP contribution in [0.1, 0.15) is 49.9 Å². The number of carbonyl (C=O) groups is 1. The van der Waals surface area contributed by atoms with Crippen LogP contribution in [0.2, 0.25) is 0 Å². The van der Waals surface area contributed by atoms with Gasteiger partial charge in [0.1, 0.15) is 5.75 Å². The van der Waals surface area contributed by atoms with Crippen LogP contribution < -0.4 is 15.9 Å². The Hall–Kier alpha value is -4.07. The van der Waals surface area contributed by atoms with Gasteiger partial charge >= 0.3 is 5.97 Å². The van der Waals surface area contributed by atoms with Crippen molar-refractivity contribution in [2.24, 2.45) is 0 Å². The Morgan fingerprint density at radius 2 is 1.39 bits per heavy atom. The van der Waals surface area contributed by atoms with Gasteiger partial charge in [-0.15, -0.1) is 0 Å². The highest BCUT2D eigenvalue weighted by Gasteiger charge is 2.28. The molecule has 4 rings (SSSR count). The van der Waals surface area contributed by atoms with Gasteiger partial charge < -0.3 is 14.9 Å². The maximum atomic E-state index is 12.5. The first-order valence-electron chi connectivity index (χ1n) is 9.78. The lowest BCUT2D eigenvalue weighted by Crippen LogP contribution is -2.20. The highest BCUT2D eigenvalue weighted by Crippen LogP contribution is 2.32. The molecule has 0 aliphatic heterocycles. The van der Waals surface area contributed by atoms with Crippen molar-refractivity contribution in [1.29, 1.82) is 0 Å². The Bertz CT molecular complexity index is 1300. The molecule has 4 N–H and O–H groups in total. The summed E-state index contributed by atoms with van der Waals surface area (Å²) in [4.78, 5) is 37.4. The highest BCUT2D eigenvalue weighted by atomic mass is 16.5. The fraction of sp³-hybridized carbons (Fsp3) is 0.174. The molecule has 8 heteroatoms. The minimum Gasteiger partial charge on any atom is -0.423 e. The molecule has 0 saturated carbocycles. The highest BCUT2D eigenvalue weighted by molar-refractivity contribution is 5.91. The topological polar surface area (TPSA) is 124 Å². The Kier molecular flexibility index (Phi) is 5.21. The van der Waals surface area contributed by atoms with Crippen LogP contribution in [0.4, 0.5) is 0 Å². The van der Waals surface area contributed by atoms with Crippen LogP contribution >= 0.6 is 0 Å². The van der Waals surface area contributed by atoms with Gasteiger partial charge in [-0.2, -0.15) is 0 Å². The molecule has 0 saturated heterocycles.